The Labute approximate surface area is 120 Å². The number of carbonyl (C=O) groups is 2. The van der Waals surface area contributed by atoms with Crippen LogP contribution in [0.3, 0.4) is 0 Å². The van der Waals surface area contributed by atoms with Gasteiger partial charge >= 0.3 is 5.97 Å². The predicted octanol–water partition coefficient (Wildman–Crippen LogP) is 1.33. The molecule has 110 valence electrons. The van der Waals surface area contributed by atoms with Crippen LogP contribution in [0.25, 0.3) is 0 Å². The Balaban J connectivity index is 2.19. The van der Waals surface area contributed by atoms with Gasteiger partial charge in [0, 0.05) is 18.2 Å². The number of aromatic carboxylic acids is 1. The average Bonchev–Trinajstić information content (AvgIpc) is 2.95. The van der Waals surface area contributed by atoms with E-state index in [1.807, 2.05) is 6.92 Å². The fourth-order valence-corrected chi connectivity index (χ4v) is 1.69. The summed E-state index contributed by atoms with van der Waals surface area (Å²) in [5.74, 6) is -0.807. The molecule has 0 bridgehead atoms. The smallest absolute Gasteiger partial charge is 0.339 e. The van der Waals surface area contributed by atoms with Crippen LogP contribution in [0.1, 0.15) is 33.7 Å². The third kappa shape index (κ3) is 3.16. The number of rotatable bonds is 5. The Morgan fingerprint density at radius 2 is 2.19 bits per heavy atom. The Morgan fingerprint density at radius 1 is 1.43 bits per heavy atom. The van der Waals surface area contributed by atoms with E-state index in [1.165, 1.54) is 25.3 Å². The van der Waals surface area contributed by atoms with E-state index in [-0.39, 0.29) is 17.1 Å². The van der Waals surface area contributed by atoms with E-state index in [1.54, 1.807) is 0 Å². The maximum absolute atomic E-state index is 11.9. The number of nitrogens with one attached hydrogen (secondary N) is 2. The molecule has 8 nitrogen and oxygen atoms in total. The van der Waals surface area contributed by atoms with Crippen LogP contribution in [-0.2, 0) is 6.42 Å². The summed E-state index contributed by atoms with van der Waals surface area (Å²) >= 11 is 0. The molecule has 1 heterocycles. The predicted molar refractivity (Wildman–Crippen MR) is 73.7 cm³/mol. The van der Waals surface area contributed by atoms with Crippen molar-refractivity contribution in [1.29, 1.82) is 0 Å². The van der Waals surface area contributed by atoms with Gasteiger partial charge in [-0.1, -0.05) is 6.92 Å². The van der Waals surface area contributed by atoms with Crippen molar-refractivity contribution in [2.75, 3.05) is 12.4 Å². The van der Waals surface area contributed by atoms with Crippen LogP contribution in [0.2, 0.25) is 0 Å². The number of carboxylic acids is 1. The van der Waals surface area contributed by atoms with Gasteiger partial charge in [0.1, 0.15) is 17.1 Å². The molecule has 0 saturated heterocycles. The van der Waals surface area contributed by atoms with Crippen molar-refractivity contribution in [2.45, 2.75) is 13.3 Å². The standard InChI is InChI=1S/C13H14N4O4/c1-3-10-15-11(17-16-10)12(18)14-7-4-5-8(13(19)20)9(6-7)21-2/h4-6H,3H2,1-2H3,(H,14,18)(H,19,20)(H,15,16,17). The number of ether oxygens (including phenoxy) is 1. The molecule has 0 saturated carbocycles. The summed E-state index contributed by atoms with van der Waals surface area (Å²) in [5.41, 5.74) is 0.409. The van der Waals surface area contributed by atoms with Crippen molar-refractivity contribution in [1.82, 2.24) is 15.2 Å². The lowest BCUT2D eigenvalue weighted by Crippen LogP contribution is -2.14. The zero-order valence-electron chi connectivity index (χ0n) is 11.5. The quantitative estimate of drug-likeness (QED) is 0.764. The van der Waals surface area contributed by atoms with Crippen LogP contribution in [0.15, 0.2) is 18.2 Å². The zero-order chi connectivity index (χ0) is 15.4. The number of anilines is 1. The summed E-state index contributed by atoms with van der Waals surface area (Å²) in [7, 11) is 1.36. The summed E-state index contributed by atoms with van der Waals surface area (Å²) < 4.78 is 4.99. The van der Waals surface area contributed by atoms with E-state index in [0.29, 0.717) is 17.9 Å². The summed E-state index contributed by atoms with van der Waals surface area (Å²) in [6.07, 6.45) is 0.640. The highest BCUT2D eigenvalue weighted by atomic mass is 16.5. The number of aromatic amines is 1. The lowest BCUT2D eigenvalue weighted by molar-refractivity contribution is 0.0693. The molecule has 1 amide bonds. The second-order valence-electron chi connectivity index (χ2n) is 4.13. The van der Waals surface area contributed by atoms with Gasteiger partial charge < -0.3 is 15.2 Å². The molecule has 0 fully saturated rings. The van der Waals surface area contributed by atoms with Gasteiger partial charge in [-0.2, -0.15) is 0 Å². The van der Waals surface area contributed by atoms with Crippen LogP contribution in [0, 0.1) is 0 Å². The minimum absolute atomic E-state index is 0.0154. The summed E-state index contributed by atoms with van der Waals surface area (Å²) in [6.45, 7) is 1.89. The van der Waals surface area contributed by atoms with Crippen LogP contribution in [0.4, 0.5) is 5.69 Å². The topological polar surface area (TPSA) is 117 Å². The SMILES string of the molecule is CCc1nc(C(=O)Nc2ccc(C(=O)O)c(OC)c2)n[nH]1. The van der Waals surface area contributed by atoms with Gasteiger partial charge in [0.2, 0.25) is 5.82 Å². The summed E-state index contributed by atoms with van der Waals surface area (Å²) in [5, 5.41) is 18.0. The maximum atomic E-state index is 11.9. The molecule has 2 rings (SSSR count). The second kappa shape index (κ2) is 6.04. The molecule has 0 radical (unpaired) electrons. The first-order valence-corrected chi connectivity index (χ1v) is 6.19. The fourth-order valence-electron chi connectivity index (χ4n) is 1.69. The number of aryl methyl sites for hydroxylation is 1. The van der Waals surface area contributed by atoms with E-state index in [0.717, 1.165) is 0 Å². The summed E-state index contributed by atoms with van der Waals surface area (Å²) in [4.78, 5) is 26.9. The normalized spacial score (nSPS) is 10.2. The van der Waals surface area contributed by atoms with Crippen molar-refractivity contribution in [3.8, 4) is 5.75 Å². The van der Waals surface area contributed by atoms with E-state index < -0.39 is 11.9 Å². The van der Waals surface area contributed by atoms with Gasteiger partial charge in [0.25, 0.3) is 5.91 Å². The molecule has 21 heavy (non-hydrogen) atoms. The van der Waals surface area contributed by atoms with Crippen molar-refractivity contribution < 1.29 is 19.4 Å². The zero-order valence-corrected chi connectivity index (χ0v) is 11.5. The van der Waals surface area contributed by atoms with Crippen molar-refractivity contribution >= 4 is 17.6 Å². The van der Waals surface area contributed by atoms with Crippen LogP contribution in [0.5, 0.6) is 5.75 Å². The first kappa shape index (κ1) is 14.5. The summed E-state index contributed by atoms with van der Waals surface area (Å²) in [6, 6.07) is 4.25. The molecule has 0 spiro atoms. The van der Waals surface area contributed by atoms with Crippen LogP contribution >= 0.6 is 0 Å². The molecule has 1 aromatic heterocycles. The van der Waals surface area contributed by atoms with Gasteiger partial charge in [0.05, 0.1) is 7.11 Å². The number of nitrogens with zero attached hydrogens (tertiary/aromatic N) is 2. The largest absolute Gasteiger partial charge is 0.496 e. The Hall–Kier alpha value is -2.90. The molecular formula is C13H14N4O4. The van der Waals surface area contributed by atoms with Crippen molar-refractivity contribution in [2.24, 2.45) is 0 Å². The molecule has 0 unspecified atom stereocenters. The Kier molecular flexibility index (Phi) is 4.17. The molecule has 2 aromatic rings. The minimum atomic E-state index is -1.11. The highest BCUT2D eigenvalue weighted by molar-refractivity contribution is 6.02. The van der Waals surface area contributed by atoms with E-state index in [9.17, 15) is 9.59 Å². The highest BCUT2D eigenvalue weighted by Gasteiger charge is 2.15. The van der Waals surface area contributed by atoms with Crippen molar-refractivity contribution in [3.63, 3.8) is 0 Å². The second-order valence-corrected chi connectivity index (χ2v) is 4.13. The minimum Gasteiger partial charge on any atom is -0.496 e. The van der Waals surface area contributed by atoms with Gasteiger partial charge in [-0.3, -0.25) is 9.89 Å². The molecule has 0 aliphatic rings. The molecule has 0 atom stereocenters. The third-order valence-electron chi connectivity index (χ3n) is 2.76. The average molecular weight is 290 g/mol. The molecule has 1 aromatic carbocycles. The molecule has 0 aliphatic heterocycles. The van der Waals surface area contributed by atoms with Gasteiger partial charge in [-0.25, -0.2) is 9.78 Å². The number of carboxylic acid groups (broad SMARTS) is 1. The number of benzene rings is 1. The number of hydrogen-bond acceptors (Lipinski definition) is 5. The lowest BCUT2D eigenvalue weighted by Gasteiger charge is -2.08. The molecule has 3 N–H and O–H groups in total. The van der Waals surface area contributed by atoms with Crippen molar-refractivity contribution in [3.05, 3.63) is 35.4 Å². The van der Waals surface area contributed by atoms with Crippen LogP contribution < -0.4 is 10.1 Å². The third-order valence-corrected chi connectivity index (χ3v) is 2.76. The maximum Gasteiger partial charge on any atom is 0.339 e. The Morgan fingerprint density at radius 3 is 2.76 bits per heavy atom. The number of aromatic nitrogens is 3. The van der Waals surface area contributed by atoms with Gasteiger partial charge in [-0.15, -0.1) is 5.10 Å². The number of methoxy groups -OCH3 is 1. The number of H-pyrrole nitrogens is 1. The van der Waals surface area contributed by atoms with Gasteiger partial charge in [0.15, 0.2) is 0 Å². The van der Waals surface area contributed by atoms with E-state index in [2.05, 4.69) is 20.5 Å². The fraction of sp³-hybridized carbons (Fsp3) is 0.231. The first-order valence-electron chi connectivity index (χ1n) is 6.19. The molecular weight excluding hydrogens is 276 g/mol. The monoisotopic (exact) mass is 290 g/mol. The van der Waals surface area contributed by atoms with Gasteiger partial charge in [-0.05, 0) is 12.1 Å². The molecule has 8 heteroatoms. The van der Waals surface area contributed by atoms with Crippen LogP contribution in [-0.4, -0.2) is 39.3 Å². The number of amides is 1. The van der Waals surface area contributed by atoms with E-state index >= 15 is 0 Å². The number of carbonyl (C=O) groups excluding carboxylic acids is 1. The Bertz CT molecular complexity index is 681. The highest BCUT2D eigenvalue weighted by Crippen LogP contribution is 2.23. The van der Waals surface area contributed by atoms with E-state index in [4.69, 9.17) is 9.84 Å². The lowest BCUT2D eigenvalue weighted by atomic mass is 10.2. The first-order chi connectivity index (χ1) is 10.0. The number of hydrogen-bond donors (Lipinski definition) is 3. The molecule has 0 aliphatic carbocycles.